The third kappa shape index (κ3) is 4.77. The van der Waals surface area contributed by atoms with Gasteiger partial charge in [0.05, 0.1) is 36.6 Å². The van der Waals surface area contributed by atoms with Crippen LogP contribution in [-0.4, -0.2) is 46.7 Å². The number of nitrogens with one attached hydrogen (secondary N) is 1. The fourth-order valence-corrected chi connectivity index (χ4v) is 5.42. The fourth-order valence-electron chi connectivity index (χ4n) is 3.34. The summed E-state index contributed by atoms with van der Waals surface area (Å²) in [5, 5.41) is 2.86. The standard InChI is InChI=1S/C21H23ClN2O6S/c1-13-12-31(27,28)24(21(13)26)17-11-15(5-6-16(17)22)20(25)23-9-8-14-4-7-18(29-2)19(10-14)30-3/h4-7,10-11,13H,8-9,12H2,1-3H3,(H,23,25). The molecule has 0 aliphatic carbocycles. The fraction of sp³-hybridized carbons (Fsp3) is 0.333. The van der Waals surface area contributed by atoms with Crippen LogP contribution in [0.5, 0.6) is 11.5 Å². The third-order valence-corrected chi connectivity index (χ3v) is 7.11. The molecule has 0 aromatic heterocycles. The molecule has 0 bridgehead atoms. The lowest BCUT2D eigenvalue weighted by Gasteiger charge is -2.18. The molecule has 1 unspecified atom stereocenters. The van der Waals surface area contributed by atoms with Crippen LogP contribution in [0.3, 0.4) is 0 Å². The van der Waals surface area contributed by atoms with E-state index in [0.717, 1.165) is 5.56 Å². The number of ether oxygens (including phenoxy) is 2. The molecule has 1 atom stereocenters. The highest BCUT2D eigenvalue weighted by Gasteiger charge is 2.43. The van der Waals surface area contributed by atoms with Crippen LogP contribution < -0.4 is 19.1 Å². The number of anilines is 1. The summed E-state index contributed by atoms with van der Waals surface area (Å²) in [7, 11) is -0.719. The Morgan fingerprint density at radius 3 is 2.48 bits per heavy atom. The Labute approximate surface area is 186 Å². The van der Waals surface area contributed by atoms with E-state index in [0.29, 0.717) is 28.8 Å². The van der Waals surface area contributed by atoms with E-state index in [1.54, 1.807) is 27.2 Å². The molecular weight excluding hydrogens is 444 g/mol. The number of carbonyl (C=O) groups excluding carboxylic acids is 2. The van der Waals surface area contributed by atoms with Gasteiger partial charge in [-0.1, -0.05) is 24.6 Å². The molecule has 8 nitrogen and oxygen atoms in total. The second-order valence-corrected chi connectivity index (χ2v) is 9.41. The summed E-state index contributed by atoms with van der Waals surface area (Å²) in [5.41, 5.74) is 1.13. The number of carbonyl (C=O) groups is 2. The van der Waals surface area contributed by atoms with Crippen LogP contribution in [0.4, 0.5) is 5.69 Å². The maximum atomic E-state index is 12.6. The van der Waals surface area contributed by atoms with Crippen molar-refractivity contribution in [1.82, 2.24) is 5.32 Å². The molecule has 10 heteroatoms. The number of sulfonamides is 1. The molecule has 2 aromatic rings. The van der Waals surface area contributed by atoms with Gasteiger partial charge in [0.2, 0.25) is 15.9 Å². The molecule has 0 spiro atoms. The molecular formula is C21H23ClN2O6S. The predicted molar refractivity (Wildman–Crippen MR) is 117 cm³/mol. The number of methoxy groups -OCH3 is 2. The Hall–Kier alpha value is -2.78. The number of amides is 2. The van der Waals surface area contributed by atoms with Gasteiger partial charge in [0.25, 0.3) is 5.91 Å². The van der Waals surface area contributed by atoms with Crippen LogP contribution >= 0.6 is 11.6 Å². The minimum absolute atomic E-state index is 0.0106. The predicted octanol–water partition coefficient (Wildman–Crippen LogP) is 2.64. The van der Waals surface area contributed by atoms with Crippen molar-refractivity contribution in [2.24, 2.45) is 5.92 Å². The van der Waals surface area contributed by atoms with Crippen molar-refractivity contribution in [3.8, 4) is 11.5 Å². The molecule has 31 heavy (non-hydrogen) atoms. The van der Waals surface area contributed by atoms with Crippen molar-refractivity contribution < 1.29 is 27.5 Å². The van der Waals surface area contributed by atoms with E-state index in [9.17, 15) is 18.0 Å². The summed E-state index contributed by atoms with van der Waals surface area (Å²) >= 11 is 6.15. The zero-order valence-electron chi connectivity index (χ0n) is 17.3. The van der Waals surface area contributed by atoms with Crippen molar-refractivity contribution in [3.63, 3.8) is 0 Å². The van der Waals surface area contributed by atoms with E-state index >= 15 is 0 Å². The van der Waals surface area contributed by atoms with Crippen molar-refractivity contribution in [1.29, 1.82) is 0 Å². The Morgan fingerprint density at radius 2 is 1.87 bits per heavy atom. The highest BCUT2D eigenvalue weighted by Crippen LogP contribution is 2.34. The maximum Gasteiger partial charge on any atom is 0.251 e. The Balaban J connectivity index is 1.72. The number of nitrogens with zero attached hydrogens (tertiary/aromatic N) is 1. The largest absolute Gasteiger partial charge is 0.493 e. The summed E-state index contributed by atoms with van der Waals surface area (Å²) in [6.45, 7) is 1.88. The van der Waals surface area contributed by atoms with Gasteiger partial charge in [0, 0.05) is 12.1 Å². The summed E-state index contributed by atoms with van der Waals surface area (Å²) in [6, 6.07) is 9.70. The monoisotopic (exact) mass is 466 g/mol. The lowest BCUT2D eigenvalue weighted by molar-refractivity contribution is -0.119. The molecule has 1 aliphatic heterocycles. The van der Waals surface area contributed by atoms with Crippen molar-refractivity contribution >= 4 is 39.1 Å². The first-order valence-corrected chi connectivity index (χ1v) is 11.5. The molecule has 1 saturated heterocycles. The second-order valence-electron chi connectivity index (χ2n) is 7.14. The molecule has 166 valence electrons. The molecule has 3 rings (SSSR count). The number of halogens is 1. The van der Waals surface area contributed by atoms with E-state index in [2.05, 4.69) is 5.32 Å². The van der Waals surface area contributed by atoms with Crippen LogP contribution in [-0.2, 0) is 21.2 Å². The van der Waals surface area contributed by atoms with Gasteiger partial charge >= 0.3 is 0 Å². The Kier molecular flexibility index (Phi) is 6.76. The van der Waals surface area contributed by atoms with Crippen LogP contribution in [0.25, 0.3) is 0 Å². The van der Waals surface area contributed by atoms with E-state index in [4.69, 9.17) is 21.1 Å². The summed E-state index contributed by atoms with van der Waals surface area (Å²) < 4.78 is 35.9. The van der Waals surface area contributed by atoms with Gasteiger partial charge in [0.15, 0.2) is 11.5 Å². The van der Waals surface area contributed by atoms with Gasteiger partial charge in [-0.05, 0) is 42.3 Å². The molecule has 1 N–H and O–H groups in total. The Morgan fingerprint density at radius 1 is 1.16 bits per heavy atom. The summed E-state index contributed by atoms with van der Waals surface area (Å²) in [4.78, 5) is 24.9. The number of hydrogen-bond acceptors (Lipinski definition) is 6. The van der Waals surface area contributed by atoms with Crippen molar-refractivity contribution in [2.45, 2.75) is 13.3 Å². The quantitative estimate of drug-likeness (QED) is 0.673. The first kappa shape index (κ1) is 22.9. The van der Waals surface area contributed by atoms with E-state index in [1.807, 2.05) is 12.1 Å². The third-order valence-electron chi connectivity index (χ3n) is 4.93. The SMILES string of the molecule is COc1ccc(CCNC(=O)c2ccc(Cl)c(N3C(=O)C(C)CS3(=O)=O)c2)cc1OC. The van der Waals surface area contributed by atoms with Crippen LogP contribution in [0.1, 0.15) is 22.8 Å². The molecule has 1 fully saturated rings. The normalized spacial score (nSPS) is 17.5. The van der Waals surface area contributed by atoms with Gasteiger partial charge in [-0.2, -0.15) is 0 Å². The highest BCUT2D eigenvalue weighted by atomic mass is 35.5. The number of rotatable bonds is 7. The average Bonchev–Trinajstić information content (AvgIpc) is 2.94. The molecule has 0 saturated carbocycles. The number of hydrogen-bond donors (Lipinski definition) is 1. The zero-order valence-corrected chi connectivity index (χ0v) is 18.9. The minimum Gasteiger partial charge on any atom is -0.493 e. The van der Waals surface area contributed by atoms with Crippen LogP contribution in [0.2, 0.25) is 5.02 Å². The van der Waals surface area contributed by atoms with Crippen molar-refractivity contribution in [3.05, 3.63) is 52.5 Å². The molecule has 0 radical (unpaired) electrons. The lowest BCUT2D eigenvalue weighted by Crippen LogP contribution is -2.31. The van der Waals surface area contributed by atoms with E-state index in [-0.39, 0.29) is 22.0 Å². The molecule has 2 amide bonds. The summed E-state index contributed by atoms with van der Waals surface area (Å²) in [5.74, 6) is -0.711. The lowest BCUT2D eigenvalue weighted by atomic mass is 10.1. The molecule has 1 heterocycles. The Bertz CT molecular complexity index is 1120. The van der Waals surface area contributed by atoms with Crippen LogP contribution in [0, 0.1) is 5.92 Å². The van der Waals surface area contributed by atoms with Gasteiger partial charge in [-0.25, -0.2) is 12.7 Å². The topological polar surface area (TPSA) is 102 Å². The zero-order chi connectivity index (χ0) is 22.8. The first-order chi connectivity index (χ1) is 14.7. The maximum absolute atomic E-state index is 12.6. The smallest absolute Gasteiger partial charge is 0.251 e. The van der Waals surface area contributed by atoms with Gasteiger partial charge in [-0.3, -0.25) is 9.59 Å². The highest BCUT2D eigenvalue weighted by molar-refractivity contribution is 7.94. The first-order valence-electron chi connectivity index (χ1n) is 9.53. The van der Waals surface area contributed by atoms with E-state index in [1.165, 1.54) is 18.2 Å². The average molecular weight is 467 g/mol. The minimum atomic E-state index is -3.82. The molecule has 2 aromatic carbocycles. The van der Waals surface area contributed by atoms with E-state index < -0.39 is 27.8 Å². The summed E-state index contributed by atoms with van der Waals surface area (Å²) in [6.07, 6.45) is 0.545. The van der Waals surface area contributed by atoms with Crippen molar-refractivity contribution in [2.75, 3.05) is 30.8 Å². The van der Waals surface area contributed by atoms with Gasteiger partial charge < -0.3 is 14.8 Å². The van der Waals surface area contributed by atoms with Crippen LogP contribution in [0.15, 0.2) is 36.4 Å². The van der Waals surface area contributed by atoms with Gasteiger partial charge in [0.1, 0.15) is 0 Å². The number of benzene rings is 2. The van der Waals surface area contributed by atoms with Gasteiger partial charge in [-0.15, -0.1) is 0 Å². The second kappa shape index (κ2) is 9.15. The molecule has 1 aliphatic rings.